The van der Waals surface area contributed by atoms with Crippen LogP contribution in [-0.2, 0) is 6.42 Å². The van der Waals surface area contributed by atoms with E-state index >= 15 is 0 Å². The Labute approximate surface area is 96.1 Å². The Morgan fingerprint density at radius 3 is 2.47 bits per heavy atom. The summed E-state index contributed by atoms with van der Waals surface area (Å²) in [6.45, 7) is 0. The van der Waals surface area contributed by atoms with Crippen LogP contribution in [0.3, 0.4) is 0 Å². The molecule has 0 saturated heterocycles. The van der Waals surface area contributed by atoms with E-state index in [9.17, 15) is 5.11 Å². The summed E-state index contributed by atoms with van der Waals surface area (Å²) < 4.78 is 0. The molecule has 0 aromatic heterocycles. The number of aliphatic hydroxyl groups excluding tert-OH is 1. The van der Waals surface area contributed by atoms with Gasteiger partial charge in [0, 0.05) is 5.02 Å². The van der Waals surface area contributed by atoms with Gasteiger partial charge in [-0.15, -0.1) is 0 Å². The minimum absolute atomic E-state index is 0.102. The van der Waals surface area contributed by atoms with Crippen molar-refractivity contribution in [3.8, 4) is 0 Å². The monoisotopic (exact) mass is 224 g/mol. The summed E-state index contributed by atoms with van der Waals surface area (Å²) in [7, 11) is 0. The van der Waals surface area contributed by atoms with Crippen LogP contribution in [0.5, 0.6) is 0 Å². The molecule has 1 saturated carbocycles. The Bertz CT molecular complexity index is 307. The van der Waals surface area contributed by atoms with Crippen molar-refractivity contribution in [2.75, 3.05) is 0 Å². The lowest BCUT2D eigenvalue weighted by molar-refractivity contribution is 0.0700. The summed E-state index contributed by atoms with van der Waals surface area (Å²) in [4.78, 5) is 0. The van der Waals surface area contributed by atoms with Crippen LogP contribution >= 0.6 is 11.6 Å². The molecule has 1 nitrogen and oxygen atoms in total. The predicted octanol–water partition coefficient (Wildman–Crippen LogP) is 3.43. The van der Waals surface area contributed by atoms with Crippen LogP contribution in [0, 0.1) is 5.92 Å². The second-order valence-electron chi connectivity index (χ2n) is 4.44. The molecule has 82 valence electrons. The van der Waals surface area contributed by atoms with E-state index in [0.717, 1.165) is 24.3 Å². The summed E-state index contributed by atoms with van der Waals surface area (Å²) >= 11 is 5.83. The van der Waals surface area contributed by atoms with Crippen LogP contribution in [0.2, 0.25) is 5.02 Å². The third-order valence-corrected chi connectivity index (χ3v) is 3.53. The second kappa shape index (κ2) is 5.00. The first-order valence-electron chi connectivity index (χ1n) is 5.68. The van der Waals surface area contributed by atoms with Gasteiger partial charge in [0.2, 0.25) is 0 Å². The molecule has 1 aromatic rings. The third-order valence-electron chi connectivity index (χ3n) is 3.28. The zero-order chi connectivity index (χ0) is 10.7. The van der Waals surface area contributed by atoms with E-state index < -0.39 is 0 Å². The Hall–Kier alpha value is -0.530. The summed E-state index contributed by atoms with van der Waals surface area (Å²) in [5.41, 5.74) is 1.28. The van der Waals surface area contributed by atoms with Crippen molar-refractivity contribution >= 4 is 11.6 Å². The standard InChI is InChI=1S/C13H17ClO/c14-12-7-5-10(6-8-12)9-11-3-1-2-4-13(11)15/h5-8,11,13,15H,1-4,9H2/t11-,13+/m0/s1. The molecule has 1 aliphatic carbocycles. The maximum Gasteiger partial charge on any atom is 0.0571 e. The molecule has 2 atom stereocenters. The highest BCUT2D eigenvalue weighted by Gasteiger charge is 2.22. The zero-order valence-electron chi connectivity index (χ0n) is 8.82. The number of hydrogen-bond donors (Lipinski definition) is 1. The maximum absolute atomic E-state index is 9.86. The quantitative estimate of drug-likeness (QED) is 0.816. The Balaban J connectivity index is 1.98. The summed E-state index contributed by atoms with van der Waals surface area (Å²) in [5.74, 6) is 0.444. The van der Waals surface area contributed by atoms with Gasteiger partial charge in [-0.05, 0) is 42.9 Å². The van der Waals surface area contributed by atoms with Crippen molar-refractivity contribution < 1.29 is 5.11 Å². The van der Waals surface area contributed by atoms with E-state index in [4.69, 9.17) is 11.6 Å². The molecule has 1 aromatic carbocycles. The molecular formula is C13H17ClO. The highest BCUT2D eigenvalue weighted by atomic mass is 35.5. The Morgan fingerprint density at radius 1 is 1.13 bits per heavy atom. The van der Waals surface area contributed by atoms with Gasteiger partial charge in [-0.25, -0.2) is 0 Å². The van der Waals surface area contributed by atoms with Gasteiger partial charge in [-0.1, -0.05) is 36.6 Å². The molecule has 0 bridgehead atoms. The number of benzene rings is 1. The second-order valence-corrected chi connectivity index (χ2v) is 4.88. The largest absolute Gasteiger partial charge is 0.393 e. The minimum atomic E-state index is -0.102. The SMILES string of the molecule is O[C@@H]1CCCC[C@H]1Cc1ccc(Cl)cc1. The normalized spacial score (nSPS) is 26.5. The molecule has 15 heavy (non-hydrogen) atoms. The van der Waals surface area contributed by atoms with Crippen molar-refractivity contribution in [2.24, 2.45) is 5.92 Å². The van der Waals surface area contributed by atoms with Crippen LogP contribution in [0.4, 0.5) is 0 Å². The molecule has 0 heterocycles. The van der Waals surface area contributed by atoms with Crippen LogP contribution in [0.15, 0.2) is 24.3 Å². The van der Waals surface area contributed by atoms with Gasteiger partial charge in [0.15, 0.2) is 0 Å². The van der Waals surface area contributed by atoms with Crippen LogP contribution in [-0.4, -0.2) is 11.2 Å². The highest BCUT2D eigenvalue weighted by Crippen LogP contribution is 2.27. The molecule has 0 spiro atoms. The molecule has 2 heteroatoms. The molecule has 0 radical (unpaired) electrons. The van der Waals surface area contributed by atoms with E-state index in [-0.39, 0.29) is 6.10 Å². The van der Waals surface area contributed by atoms with Crippen LogP contribution < -0.4 is 0 Å². The first-order chi connectivity index (χ1) is 7.25. The average molecular weight is 225 g/mol. The molecule has 2 rings (SSSR count). The summed E-state index contributed by atoms with van der Waals surface area (Å²) in [5, 5.41) is 10.6. The van der Waals surface area contributed by atoms with Gasteiger partial charge >= 0.3 is 0 Å². The van der Waals surface area contributed by atoms with E-state index in [0.29, 0.717) is 5.92 Å². The topological polar surface area (TPSA) is 20.2 Å². The number of halogens is 1. The van der Waals surface area contributed by atoms with Crippen LogP contribution in [0.25, 0.3) is 0 Å². The summed E-state index contributed by atoms with van der Waals surface area (Å²) in [6, 6.07) is 7.96. The fourth-order valence-corrected chi connectivity index (χ4v) is 2.48. The van der Waals surface area contributed by atoms with Crippen LogP contribution in [0.1, 0.15) is 31.2 Å². The summed E-state index contributed by atoms with van der Waals surface area (Å²) in [6.07, 6.45) is 5.45. The van der Waals surface area contributed by atoms with Gasteiger partial charge in [-0.2, -0.15) is 0 Å². The van der Waals surface area contributed by atoms with E-state index in [1.54, 1.807) is 0 Å². The molecule has 0 aliphatic heterocycles. The number of aliphatic hydroxyl groups is 1. The average Bonchev–Trinajstić information content (AvgIpc) is 2.25. The van der Waals surface area contributed by atoms with Crippen molar-refractivity contribution in [2.45, 2.75) is 38.2 Å². The predicted molar refractivity (Wildman–Crippen MR) is 63.1 cm³/mol. The number of rotatable bonds is 2. The molecule has 0 amide bonds. The Morgan fingerprint density at radius 2 is 1.80 bits per heavy atom. The lowest BCUT2D eigenvalue weighted by Gasteiger charge is -2.27. The van der Waals surface area contributed by atoms with Crippen molar-refractivity contribution in [1.29, 1.82) is 0 Å². The maximum atomic E-state index is 9.86. The fourth-order valence-electron chi connectivity index (χ4n) is 2.35. The first kappa shape index (κ1) is 11.0. The van der Waals surface area contributed by atoms with Gasteiger partial charge in [-0.3, -0.25) is 0 Å². The van der Waals surface area contributed by atoms with Crippen molar-refractivity contribution in [1.82, 2.24) is 0 Å². The lowest BCUT2D eigenvalue weighted by Crippen LogP contribution is -2.26. The van der Waals surface area contributed by atoms with Gasteiger partial charge < -0.3 is 5.11 Å². The third kappa shape index (κ3) is 2.96. The highest BCUT2D eigenvalue weighted by molar-refractivity contribution is 6.30. The molecule has 1 aliphatic rings. The molecular weight excluding hydrogens is 208 g/mol. The van der Waals surface area contributed by atoms with Gasteiger partial charge in [0.05, 0.1) is 6.10 Å². The molecule has 1 N–H and O–H groups in total. The lowest BCUT2D eigenvalue weighted by atomic mass is 9.82. The van der Waals surface area contributed by atoms with E-state index in [1.807, 2.05) is 12.1 Å². The van der Waals surface area contributed by atoms with E-state index in [1.165, 1.54) is 18.4 Å². The van der Waals surface area contributed by atoms with Gasteiger partial charge in [0.25, 0.3) is 0 Å². The number of hydrogen-bond acceptors (Lipinski definition) is 1. The fraction of sp³-hybridized carbons (Fsp3) is 0.538. The minimum Gasteiger partial charge on any atom is -0.393 e. The van der Waals surface area contributed by atoms with E-state index in [2.05, 4.69) is 12.1 Å². The van der Waals surface area contributed by atoms with Gasteiger partial charge in [0.1, 0.15) is 0 Å². The van der Waals surface area contributed by atoms with Crippen molar-refractivity contribution in [3.05, 3.63) is 34.9 Å². The smallest absolute Gasteiger partial charge is 0.0571 e. The van der Waals surface area contributed by atoms with Crippen molar-refractivity contribution in [3.63, 3.8) is 0 Å². The first-order valence-corrected chi connectivity index (χ1v) is 6.06. The Kier molecular flexibility index (Phi) is 3.66. The molecule has 1 fully saturated rings. The zero-order valence-corrected chi connectivity index (χ0v) is 9.58. The molecule has 0 unspecified atom stereocenters.